The molecule has 0 bridgehead atoms. The van der Waals surface area contributed by atoms with Gasteiger partial charge in [0.2, 0.25) is 5.95 Å². The molecule has 2 N–H and O–H groups in total. The highest BCUT2D eigenvalue weighted by Gasteiger charge is 2.16. The third-order valence-corrected chi connectivity index (χ3v) is 5.75. The average Bonchev–Trinajstić information content (AvgIpc) is 2.85. The molecule has 1 amide bonds. The van der Waals surface area contributed by atoms with Crippen molar-refractivity contribution in [3.63, 3.8) is 0 Å². The van der Waals surface area contributed by atoms with E-state index in [1.54, 1.807) is 25.4 Å². The van der Waals surface area contributed by atoms with Gasteiger partial charge in [-0.2, -0.15) is 4.98 Å². The number of hydrogen-bond donors (Lipinski definition) is 2. The van der Waals surface area contributed by atoms with Gasteiger partial charge in [0.25, 0.3) is 11.5 Å². The standard InChI is InChI=1S/C24H28N6O3/c1-4-16-14-26-24(30-10-6-5-7-11-30)28-22(16)27-18-8-9-19-17(12-18)13-20(23(32)29(19)3)33-15-21(31)25-2/h4,8-9,12-14H,1,5-7,10-11,15H2,2-3H3,(H,25,31)(H,26,27,28). The van der Waals surface area contributed by atoms with Crippen molar-refractivity contribution in [2.24, 2.45) is 7.05 Å². The number of benzene rings is 1. The van der Waals surface area contributed by atoms with Gasteiger partial charge in [0.1, 0.15) is 5.82 Å². The van der Waals surface area contributed by atoms with Crippen molar-refractivity contribution in [2.45, 2.75) is 19.3 Å². The van der Waals surface area contributed by atoms with Crippen LogP contribution in [-0.4, -0.2) is 47.2 Å². The monoisotopic (exact) mass is 448 g/mol. The fourth-order valence-electron chi connectivity index (χ4n) is 3.86. The van der Waals surface area contributed by atoms with Crippen molar-refractivity contribution in [1.29, 1.82) is 0 Å². The first-order valence-corrected chi connectivity index (χ1v) is 11.0. The highest BCUT2D eigenvalue weighted by molar-refractivity contribution is 5.85. The van der Waals surface area contributed by atoms with Gasteiger partial charge < -0.3 is 24.8 Å². The molecule has 1 saturated heterocycles. The normalized spacial score (nSPS) is 13.6. The van der Waals surface area contributed by atoms with Gasteiger partial charge in [-0.15, -0.1) is 0 Å². The summed E-state index contributed by atoms with van der Waals surface area (Å²) in [6.07, 6.45) is 7.02. The SMILES string of the molecule is C=Cc1cnc(N2CCCCC2)nc1Nc1ccc2c(c1)cc(OCC(=O)NC)c(=O)n2C. The van der Waals surface area contributed by atoms with Crippen LogP contribution in [-0.2, 0) is 11.8 Å². The number of amides is 1. The van der Waals surface area contributed by atoms with E-state index in [2.05, 4.69) is 27.1 Å². The number of fused-ring (bicyclic) bond motifs is 1. The van der Waals surface area contributed by atoms with E-state index < -0.39 is 0 Å². The van der Waals surface area contributed by atoms with Crippen LogP contribution < -0.4 is 25.8 Å². The number of carbonyl (C=O) groups excluding carboxylic acids is 1. The maximum atomic E-state index is 12.6. The number of nitrogens with zero attached hydrogens (tertiary/aromatic N) is 4. The number of piperidine rings is 1. The van der Waals surface area contributed by atoms with Crippen molar-refractivity contribution in [3.05, 3.63) is 53.0 Å². The maximum Gasteiger partial charge on any atom is 0.293 e. The molecule has 172 valence electrons. The Morgan fingerprint density at radius 3 is 2.76 bits per heavy atom. The van der Waals surface area contributed by atoms with Crippen LogP contribution in [0, 0.1) is 0 Å². The molecule has 1 aromatic carbocycles. The number of rotatable bonds is 7. The molecule has 1 aliphatic heterocycles. The lowest BCUT2D eigenvalue weighted by atomic mass is 10.1. The molecule has 0 atom stereocenters. The minimum atomic E-state index is -0.308. The summed E-state index contributed by atoms with van der Waals surface area (Å²) in [5, 5.41) is 6.63. The predicted molar refractivity (Wildman–Crippen MR) is 130 cm³/mol. The first-order valence-electron chi connectivity index (χ1n) is 11.0. The van der Waals surface area contributed by atoms with Crippen LogP contribution in [0.2, 0.25) is 0 Å². The lowest BCUT2D eigenvalue weighted by molar-refractivity contribution is -0.122. The number of ether oxygens (including phenoxy) is 1. The number of anilines is 3. The molecule has 1 fully saturated rings. The van der Waals surface area contributed by atoms with Crippen LogP contribution in [0.3, 0.4) is 0 Å². The molecule has 0 saturated carbocycles. The molecule has 33 heavy (non-hydrogen) atoms. The Kier molecular flexibility index (Phi) is 6.58. The second kappa shape index (κ2) is 9.72. The van der Waals surface area contributed by atoms with Gasteiger partial charge >= 0.3 is 0 Å². The van der Waals surface area contributed by atoms with Crippen molar-refractivity contribution in [3.8, 4) is 5.75 Å². The van der Waals surface area contributed by atoms with Gasteiger partial charge in [-0.3, -0.25) is 9.59 Å². The Hall–Kier alpha value is -3.88. The van der Waals surface area contributed by atoms with E-state index >= 15 is 0 Å². The van der Waals surface area contributed by atoms with E-state index in [-0.39, 0.29) is 23.8 Å². The predicted octanol–water partition coefficient (Wildman–Crippen LogP) is 2.83. The van der Waals surface area contributed by atoms with Gasteiger partial charge in [0, 0.05) is 50.0 Å². The zero-order chi connectivity index (χ0) is 23.4. The van der Waals surface area contributed by atoms with E-state index in [1.165, 1.54) is 18.0 Å². The Morgan fingerprint density at radius 2 is 2.03 bits per heavy atom. The lowest BCUT2D eigenvalue weighted by Crippen LogP contribution is -2.31. The lowest BCUT2D eigenvalue weighted by Gasteiger charge is -2.27. The molecule has 3 aromatic rings. The van der Waals surface area contributed by atoms with Crippen LogP contribution in [0.15, 0.2) is 41.8 Å². The van der Waals surface area contributed by atoms with Crippen molar-refractivity contribution < 1.29 is 9.53 Å². The van der Waals surface area contributed by atoms with Crippen molar-refractivity contribution >= 4 is 40.3 Å². The zero-order valence-electron chi connectivity index (χ0n) is 18.9. The van der Waals surface area contributed by atoms with Gasteiger partial charge in [-0.1, -0.05) is 12.7 Å². The summed E-state index contributed by atoms with van der Waals surface area (Å²) >= 11 is 0. The number of likely N-dealkylation sites (N-methyl/N-ethyl adjacent to an activating group) is 1. The minimum absolute atomic E-state index is 0.118. The summed E-state index contributed by atoms with van der Waals surface area (Å²) in [5.74, 6) is 1.18. The van der Waals surface area contributed by atoms with E-state index in [0.29, 0.717) is 11.8 Å². The highest BCUT2D eigenvalue weighted by atomic mass is 16.5. The third-order valence-electron chi connectivity index (χ3n) is 5.75. The fraction of sp³-hybridized carbons (Fsp3) is 0.333. The topological polar surface area (TPSA) is 101 Å². The number of nitrogens with one attached hydrogen (secondary N) is 2. The molecule has 0 spiro atoms. The van der Waals surface area contributed by atoms with Crippen LogP contribution in [0.1, 0.15) is 24.8 Å². The Morgan fingerprint density at radius 1 is 1.24 bits per heavy atom. The summed E-state index contributed by atoms with van der Waals surface area (Å²) < 4.78 is 6.96. The van der Waals surface area contributed by atoms with Gasteiger partial charge in [-0.05, 0) is 43.5 Å². The summed E-state index contributed by atoms with van der Waals surface area (Å²) in [4.78, 5) is 35.6. The van der Waals surface area contributed by atoms with E-state index in [1.807, 2.05) is 18.2 Å². The zero-order valence-corrected chi connectivity index (χ0v) is 18.9. The number of hydrogen-bond acceptors (Lipinski definition) is 7. The van der Waals surface area contributed by atoms with Crippen LogP contribution in [0.25, 0.3) is 17.0 Å². The van der Waals surface area contributed by atoms with Gasteiger partial charge in [0.15, 0.2) is 12.4 Å². The highest BCUT2D eigenvalue weighted by Crippen LogP contribution is 2.26. The first kappa shape index (κ1) is 22.3. The van der Waals surface area contributed by atoms with E-state index in [4.69, 9.17) is 9.72 Å². The fourth-order valence-corrected chi connectivity index (χ4v) is 3.86. The maximum absolute atomic E-state index is 12.6. The van der Waals surface area contributed by atoms with Crippen molar-refractivity contribution in [2.75, 3.05) is 37.0 Å². The molecule has 4 rings (SSSR count). The van der Waals surface area contributed by atoms with Crippen LogP contribution >= 0.6 is 0 Å². The van der Waals surface area contributed by atoms with Gasteiger partial charge in [0.05, 0.1) is 5.52 Å². The molecule has 1 aliphatic rings. The molecule has 0 radical (unpaired) electrons. The summed E-state index contributed by atoms with van der Waals surface area (Å²) in [6.45, 7) is 5.56. The Balaban J connectivity index is 1.66. The quantitative estimate of drug-likeness (QED) is 0.573. The molecular weight excluding hydrogens is 420 g/mol. The number of aryl methyl sites for hydroxylation is 1. The van der Waals surface area contributed by atoms with Crippen LogP contribution in [0.5, 0.6) is 5.75 Å². The number of pyridine rings is 1. The summed E-state index contributed by atoms with van der Waals surface area (Å²) in [6, 6.07) is 7.32. The molecule has 3 heterocycles. The molecule has 0 unspecified atom stereocenters. The number of carbonyl (C=O) groups is 1. The molecular formula is C24H28N6O3. The van der Waals surface area contributed by atoms with Crippen molar-refractivity contribution in [1.82, 2.24) is 19.9 Å². The third kappa shape index (κ3) is 4.82. The van der Waals surface area contributed by atoms with E-state index in [9.17, 15) is 9.59 Å². The smallest absolute Gasteiger partial charge is 0.293 e. The largest absolute Gasteiger partial charge is 0.478 e. The second-order valence-corrected chi connectivity index (χ2v) is 7.96. The van der Waals surface area contributed by atoms with Gasteiger partial charge in [-0.25, -0.2) is 4.98 Å². The molecule has 2 aromatic heterocycles. The molecule has 9 heteroatoms. The Labute approximate surface area is 192 Å². The minimum Gasteiger partial charge on any atom is -0.478 e. The summed E-state index contributed by atoms with van der Waals surface area (Å²) in [7, 11) is 3.19. The average molecular weight is 449 g/mol. The molecule has 0 aliphatic carbocycles. The second-order valence-electron chi connectivity index (χ2n) is 7.96. The number of aromatic nitrogens is 3. The first-order chi connectivity index (χ1) is 16.0. The van der Waals surface area contributed by atoms with Crippen LogP contribution in [0.4, 0.5) is 17.5 Å². The van der Waals surface area contributed by atoms with E-state index in [0.717, 1.165) is 48.1 Å². The Bertz CT molecular complexity index is 1250. The molecule has 9 nitrogen and oxygen atoms in total. The summed E-state index contributed by atoms with van der Waals surface area (Å²) in [5.41, 5.74) is 2.04.